The summed E-state index contributed by atoms with van der Waals surface area (Å²) in [4.78, 5) is 0.507. The summed E-state index contributed by atoms with van der Waals surface area (Å²) < 4.78 is 3.88. The Morgan fingerprint density at radius 2 is 2.44 bits per heavy atom. The van der Waals surface area contributed by atoms with E-state index in [1.807, 2.05) is 6.07 Å². The van der Waals surface area contributed by atoms with E-state index in [-0.39, 0.29) is 0 Å². The van der Waals surface area contributed by atoms with Crippen LogP contribution < -0.4 is 5.73 Å². The lowest BCUT2D eigenvalue weighted by atomic mass is 10.3. The summed E-state index contributed by atoms with van der Waals surface area (Å²) in [7, 11) is 0. The van der Waals surface area contributed by atoms with Gasteiger partial charge in [-0.1, -0.05) is 0 Å². The fourth-order valence-electron chi connectivity index (χ4n) is 0.457. The van der Waals surface area contributed by atoms with E-state index >= 15 is 0 Å². The first-order valence-corrected chi connectivity index (χ1v) is 3.15. The average molecular weight is 139 g/mol. The Hall–Kier alpha value is -1.08. The van der Waals surface area contributed by atoms with Crippen LogP contribution in [0, 0.1) is 18.3 Å². The van der Waals surface area contributed by atoms with E-state index in [0.717, 1.165) is 17.2 Å². The number of nitrogen functional groups attached to an aromatic ring is 1. The maximum Gasteiger partial charge on any atom is 0.148 e. The maximum absolute atomic E-state index is 8.37. The van der Waals surface area contributed by atoms with E-state index in [4.69, 9.17) is 11.0 Å². The largest absolute Gasteiger partial charge is 0.395 e. The molecule has 46 valence electrons. The SMILES string of the molecule is Cc1nsc(C#N)c1N. The number of hydrogen-bond acceptors (Lipinski definition) is 4. The van der Waals surface area contributed by atoms with Crippen LogP contribution in [0.5, 0.6) is 0 Å². The van der Waals surface area contributed by atoms with Gasteiger partial charge in [0.15, 0.2) is 0 Å². The highest BCUT2D eigenvalue weighted by atomic mass is 32.1. The molecule has 1 rings (SSSR count). The number of nitriles is 1. The van der Waals surface area contributed by atoms with Gasteiger partial charge in [-0.15, -0.1) is 0 Å². The first kappa shape index (κ1) is 6.05. The number of aryl methyl sites for hydroxylation is 1. The van der Waals surface area contributed by atoms with Crippen LogP contribution in [-0.4, -0.2) is 4.37 Å². The third-order valence-corrected chi connectivity index (χ3v) is 1.87. The number of rotatable bonds is 0. The van der Waals surface area contributed by atoms with Gasteiger partial charge in [0.2, 0.25) is 0 Å². The normalized spacial score (nSPS) is 8.89. The monoisotopic (exact) mass is 139 g/mol. The van der Waals surface area contributed by atoms with Gasteiger partial charge in [0.1, 0.15) is 10.9 Å². The van der Waals surface area contributed by atoms with Crippen LogP contribution >= 0.6 is 11.5 Å². The summed E-state index contributed by atoms with van der Waals surface area (Å²) in [6, 6.07) is 1.95. The molecule has 9 heavy (non-hydrogen) atoms. The zero-order valence-corrected chi connectivity index (χ0v) is 5.70. The molecular weight excluding hydrogens is 134 g/mol. The van der Waals surface area contributed by atoms with Gasteiger partial charge in [-0.3, -0.25) is 0 Å². The lowest BCUT2D eigenvalue weighted by molar-refractivity contribution is 1.35. The van der Waals surface area contributed by atoms with Crippen molar-refractivity contribution in [2.45, 2.75) is 6.92 Å². The Labute approximate surface area is 56.9 Å². The number of nitrogens with two attached hydrogens (primary N) is 1. The molecule has 0 aliphatic rings. The molecule has 0 fully saturated rings. The van der Waals surface area contributed by atoms with Crippen molar-refractivity contribution in [3.05, 3.63) is 10.6 Å². The molecule has 4 heteroatoms. The molecule has 0 spiro atoms. The minimum atomic E-state index is 0.507. The third kappa shape index (κ3) is 0.864. The van der Waals surface area contributed by atoms with Crippen molar-refractivity contribution < 1.29 is 0 Å². The Morgan fingerprint density at radius 1 is 1.78 bits per heavy atom. The summed E-state index contributed by atoms with van der Waals surface area (Å²) >= 11 is 1.14. The smallest absolute Gasteiger partial charge is 0.148 e. The van der Waals surface area contributed by atoms with Crippen molar-refractivity contribution >= 4 is 17.2 Å². The first-order valence-electron chi connectivity index (χ1n) is 2.37. The summed E-state index contributed by atoms with van der Waals surface area (Å²) in [6.45, 7) is 1.78. The number of hydrogen-bond donors (Lipinski definition) is 1. The lowest BCUT2D eigenvalue weighted by Gasteiger charge is -1.82. The summed E-state index contributed by atoms with van der Waals surface area (Å²) in [5.74, 6) is 0. The summed E-state index contributed by atoms with van der Waals surface area (Å²) in [6.07, 6.45) is 0. The molecule has 1 aromatic heterocycles. The number of nitrogens with zero attached hydrogens (tertiary/aromatic N) is 2. The standard InChI is InChI=1S/C5H5N3S/c1-3-5(7)4(2-6)9-8-3/h7H2,1H3. The second-order valence-electron chi connectivity index (χ2n) is 1.62. The van der Waals surface area contributed by atoms with Crippen LogP contribution in [-0.2, 0) is 0 Å². The van der Waals surface area contributed by atoms with E-state index in [9.17, 15) is 0 Å². The topological polar surface area (TPSA) is 62.7 Å². The van der Waals surface area contributed by atoms with Crippen molar-refractivity contribution in [2.75, 3.05) is 5.73 Å². The predicted octanol–water partition coefficient (Wildman–Crippen LogP) is 0.905. The summed E-state index contributed by atoms with van der Waals surface area (Å²) in [5.41, 5.74) is 6.70. The quantitative estimate of drug-likeness (QED) is 0.581. The molecule has 1 aromatic rings. The van der Waals surface area contributed by atoms with Gasteiger partial charge < -0.3 is 5.73 Å². The molecule has 0 radical (unpaired) electrons. The molecule has 0 amide bonds. The molecule has 0 bridgehead atoms. The minimum absolute atomic E-state index is 0.507. The zero-order chi connectivity index (χ0) is 6.85. The Bertz CT molecular complexity index is 258. The number of aromatic nitrogens is 1. The van der Waals surface area contributed by atoms with Crippen LogP contribution in [0.3, 0.4) is 0 Å². The predicted molar refractivity (Wildman–Crippen MR) is 36.0 cm³/mol. The Morgan fingerprint density at radius 3 is 2.67 bits per heavy atom. The Kier molecular flexibility index (Phi) is 1.37. The van der Waals surface area contributed by atoms with Crippen LogP contribution in [0.4, 0.5) is 5.69 Å². The van der Waals surface area contributed by atoms with Crippen molar-refractivity contribution in [3.63, 3.8) is 0 Å². The van der Waals surface area contributed by atoms with E-state index in [2.05, 4.69) is 4.37 Å². The highest BCUT2D eigenvalue weighted by Gasteiger charge is 2.03. The fourth-order valence-corrected chi connectivity index (χ4v) is 1.07. The molecule has 1 heterocycles. The molecule has 0 unspecified atom stereocenters. The van der Waals surface area contributed by atoms with Crippen molar-refractivity contribution in [2.24, 2.45) is 0 Å². The van der Waals surface area contributed by atoms with Crippen LogP contribution in [0.25, 0.3) is 0 Å². The maximum atomic E-state index is 8.37. The highest BCUT2D eigenvalue weighted by Crippen LogP contribution is 2.18. The molecule has 3 nitrogen and oxygen atoms in total. The van der Waals surface area contributed by atoms with E-state index < -0.39 is 0 Å². The molecule has 0 atom stereocenters. The molecule has 0 saturated heterocycles. The zero-order valence-electron chi connectivity index (χ0n) is 4.88. The van der Waals surface area contributed by atoms with Gasteiger partial charge in [-0.25, -0.2) is 0 Å². The van der Waals surface area contributed by atoms with Gasteiger partial charge in [-0.05, 0) is 18.5 Å². The molecule has 0 aliphatic carbocycles. The molecule has 2 N–H and O–H groups in total. The van der Waals surface area contributed by atoms with Crippen LogP contribution in [0.1, 0.15) is 10.6 Å². The van der Waals surface area contributed by atoms with Crippen molar-refractivity contribution in [1.29, 1.82) is 5.26 Å². The van der Waals surface area contributed by atoms with Gasteiger partial charge in [0.05, 0.1) is 11.4 Å². The highest BCUT2D eigenvalue weighted by molar-refractivity contribution is 7.07. The third-order valence-electron chi connectivity index (χ3n) is 1.01. The van der Waals surface area contributed by atoms with Crippen molar-refractivity contribution in [3.8, 4) is 6.07 Å². The first-order chi connectivity index (χ1) is 4.25. The number of anilines is 1. The van der Waals surface area contributed by atoms with Gasteiger partial charge >= 0.3 is 0 Å². The summed E-state index contributed by atoms with van der Waals surface area (Å²) in [5, 5.41) is 8.37. The average Bonchev–Trinajstić information content (AvgIpc) is 2.15. The molecule has 0 aliphatic heterocycles. The van der Waals surface area contributed by atoms with E-state index in [0.29, 0.717) is 10.6 Å². The van der Waals surface area contributed by atoms with Gasteiger partial charge in [-0.2, -0.15) is 9.64 Å². The molecular formula is C5H5N3S. The second-order valence-corrected chi connectivity index (χ2v) is 2.40. The van der Waals surface area contributed by atoms with E-state index in [1.54, 1.807) is 6.92 Å². The van der Waals surface area contributed by atoms with Crippen LogP contribution in [0.2, 0.25) is 0 Å². The van der Waals surface area contributed by atoms with Crippen LogP contribution in [0.15, 0.2) is 0 Å². The molecule has 0 saturated carbocycles. The van der Waals surface area contributed by atoms with Gasteiger partial charge in [0.25, 0.3) is 0 Å². The fraction of sp³-hybridized carbons (Fsp3) is 0.200. The Balaban J connectivity index is 3.24. The van der Waals surface area contributed by atoms with E-state index in [1.165, 1.54) is 0 Å². The van der Waals surface area contributed by atoms with Crippen molar-refractivity contribution in [1.82, 2.24) is 4.37 Å². The second kappa shape index (κ2) is 2.03. The van der Waals surface area contributed by atoms with Gasteiger partial charge in [0, 0.05) is 0 Å². The minimum Gasteiger partial charge on any atom is -0.395 e. The molecule has 0 aromatic carbocycles. The lowest BCUT2D eigenvalue weighted by Crippen LogP contribution is -1.86.